The largest absolute Gasteiger partial charge is 0.344 e. The number of nitrogens with one attached hydrogen (secondary N) is 1. The Hall–Kier alpha value is -1.16. The highest BCUT2D eigenvalue weighted by atomic mass is 15.2. The highest BCUT2D eigenvalue weighted by Crippen LogP contribution is 2.06. The summed E-state index contributed by atoms with van der Waals surface area (Å²) in [4.78, 5) is 10.9. The fourth-order valence-electron chi connectivity index (χ4n) is 1.54. The van der Waals surface area contributed by atoms with Crippen molar-refractivity contribution in [3.8, 4) is 0 Å². The molecule has 0 bridgehead atoms. The quantitative estimate of drug-likeness (QED) is 0.703. The standard InChI is InChI=1S/C13H24N4/c1-4-6-8-17(3)13-15-10-12(11-16-13)9-14-7-5-2/h10-11,14H,4-9H2,1-3H3. The molecule has 0 aliphatic heterocycles. The van der Waals surface area contributed by atoms with Gasteiger partial charge in [0.1, 0.15) is 0 Å². The lowest BCUT2D eigenvalue weighted by molar-refractivity contribution is 0.670. The Kier molecular flexibility index (Phi) is 6.55. The van der Waals surface area contributed by atoms with Gasteiger partial charge in [-0.05, 0) is 19.4 Å². The number of unbranched alkanes of at least 4 members (excludes halogenated alkanes) is 1. The van der Waals surface area contributed by atoms with Gasteiger partial charge in [-0.1, -0.05) is 20.3 Å². The van der Waals surface area contributed by atoms with Crippen LogP contribution in [0.5, 0.6) is 0 Å². The summed E-state index contributed by atoms with van der Waals surface area (Å²) in [7, 11) is 2.04. The van der Waals surface area contributed by atoms with Crippen LogP contribution >= 0.6 is 0 Å². The van der Waals surface area contributed by atoms with Crippen molar-refractivity contribution in [1.82, 2.24) is 15.3 Å². The molecule has 0 atom stereocenters. The molecule has 0 unspecified atom stereocenters. The Balaban J connectivity index is 2.43. The van der Waals surface area contributed by atoms with E-state index in [4.69, 9.17) is 0 Å². The van der Waals surface area contributed by atoms with Crippen molar-refractivity contribution in [1.29, 1.82) is 0 Å². The SMILES string of the molecule is CCCCN(C)c1ncc(CNCCC)cn1. The number of hydrogen-bond acceptors (Lipinski definition) is 4. The number of rotatable bonds is 8. The molecule has 0 fully saturated rings. The molecular weight excluding hydrogens is 212 g/mol. The van der Waals surface area contributed by atoms with E-state index in [9.17, 15) is 0 Å². The number of anilines is 1. The fraction of sp³-hybridized carbons (Fsp3) is 0.692. The molecule has 0 aliphatic carbocycles. The van der Waals surface area contributed by atoms with E-state index in [0.717, 1.165) is 37.6 Å². The van der Waals surface area contributed by atoms with E-state index in [1.807, 2.05) is 19.4 Å². The van der Waals surface area contributed by atoms with Gasteiger partial charge in [-0.3, -0.25) is 0 Å². The van der Waals surface area contributed by atoms with Crippen LogP contribution in [-0.2, 0) is 6.54 Å². The highest BCUT2D eigenvalue weighted by molar-refractivity contribution is 5.28. The predicted octanol–water partition coefficient (Wildman–Crippen LogP) is 2.21. The summed E-state index contributed by atoms with van der Waals surface area (Å²) in [6, 6.07) is 0. The van der Waals surface area contributed by atoms with Crippen molar-refractivity contribution < 1.29 is 0 Å². The first kappa shape index (κ1) is 13.9. The van der Waals surface area contributed by atoms with Gasteiger partial charge in [0.15, 0.2) is 0 Å². The summed E-state index contributed by atoms with van der Waals surface area (Å²) in [6.07, 6.45) is 7.35. The predicted molar refractivity (Wildman–Crippen MR) is 72.2 cm³/mol. The van der Waals surface area contributed by atoms with Crippen molar-refractivity contribution in [2.24, 2.45) is 0 Å². The first-order valence-corrected chi connectivity index (χ1v) is 6.50. The maximum Gasteiger partial charge on any atom is 0.224 e. The fourth-order valence-corrected chi connectivity index (χ4v) is 1.54. The van der Waals surface area contributed by atoms with Crippen LogP contribution in [0.3, 0.4) is 0 Å². The minimum absolute atomic E-state index is 0.817. The molecule has 17 heavy (non-hydrogen) atoms. The molecule has 0 aliphatic rings. The number of hydrogen-bond donors (Lipinski definition) is 1. The van der Waals surface area contributed by atoms with Gasteiger partial charge in [-0.2, -0.15) is 0 Å². The van der Waals surface area contributed by atoms with Crippen LogP contribution in [0.25, 0.3) is 0 Å². The summed E-state index contributed by atoms with van der Waals surface area (Å²) >= 11 is 0. The van der Waals surface area contributed by atoms with Crippen LogP contribution in [0.4, 0.5) is 5.95 Å². The van der Waals surface area contributed by atoms with Gasteiger partial charge < -0.3 is 10.2 Å². The maximum absolute atomic E-state index is 4.39. The van der Waals surface area contributed by atoms with Crippen LogP contribution in [-0.4, -0.2) is 30.1 Å². The third-order valence-electron chi connectivity index (χ3n) is 2.64. The van der Waals surface area contributed by atoms with Crippen molar-refractivity contribution in [3.63, 3.8) is 0 Å². The second-order valence-electron chi connectivity index (χ2n) is 4.34. The molecule has 0 saturated heterocycles. The molecule has 96 valence electrons. The molecule has 4 heteroatoms. The Labute approximate surface area is 104 Å². The second-order valence-corrected chi connectivity index (χ2v) is 4.34. The molecule has 0 radical (unpaired) electrons. The van der Waals surface area contributed by atoms with Crippen LogP contribution in [0.2, 0.25) is 0 Å². The molecule has 1 rings (SSSR count). The zero-order valence-corrected chi connectivity index (χ0v) is 11.2. The van der Waals surface area contributed by atoms with E-state index in [0.29, 0.717) is 0 Å². The lowest BCUT2D eigenvalue weighted by atomic mass is 10.3. The molecule has 1 aromatic heterocycles. The minimum atomic E-state index is 0.817. The molecule has 1 heterocycles. The van der Waals surface area contributed by atoms with Crippen molar-refractivity contribution in [2.45, 2.75) is 39.7 Å². The average Bonchev–Trinajstić information content (AvgIpc) is 2.37. The van der Waals surface area contributed by atoms with Gasteiger partial charge in [-0.15, -0.1) is 0 Å². The first-order chi connectivity index (χ1) is 8.27. The topological polar surface area (TPSA) is 41.1 Å². The van der Waals surface area contributed by atoms with Gasteiger partial charge in [0.2, 0.25) is 5.95 Å². The monoisotopic (exact) mass is 236 g/mol. The molecular formula is C13H24N4. The van der Waals surface area contributed by atoms with E-state index in [1.165, 1.54) is 12.8 Å². The molecule has 1 N–H and O–H groups in total. The van der Waals surface area contributed by atoms with Gasteiger partial charge in [0, 0.05) is 38.1 Å². The van der Waals surface area contributed by atoms with E-state index >= 15 is 0 Å². The molecule has 1 aromatic rings. The summed E-state index contributed by atoms with van der Waals surface area (Å²) < 4.78 is 0. The van der Waals surface area contributed by atoms with Crippen molar-refractivity contribution in [3.05, 3.63) is 18.0 Å². The maximum atomic E-state index is 4.39. The van der Waals surface area contributed by atoms with Gasteiger partial charge in [-0.25, -0.2) is 9.97 Å². The van der Waals surface area contributed by atoms with E-state index in [2.05, 4.69) is 34.0 Å². The normalized spacial score (nSPS) is 10.5. The Bertz CT molecular complexity index is 297. The second kappa shape index (κ2) is 8.01. The molecule has 0 aromatic carbocycles. The van der Waals surface area contributed by atoms with Crippen molar-refractivity contribution in [2.75, 3.05) is 25.0 Å². The van der Waals surface area contributed by atoms with Crippen LogP contribution in [0, 0.1) is 0 Å². The molecule has 0 saturated carbocycles. The molecule has 4 nitrogen and oxygen atoms in total. The van der Waals surface area contributed by atoms with Crippen LogP contribution < -0.4 is 10.2 Å². The summed E-state index contributed by atoms with van der Waals surface area (Å²) in [5.74, 6) is 0.817. The zero-order chi connectivity index (χ0) is 12.5. The minimum Gasteiger partial charge on any atom is -0.344 e. The number of nitrogens with zero attached hydrogens (tertiary/aromatic N) is 3. The Morgan fingerprint density at radius 1 is 1.18 bits per heavy atom. The van der Waals surface area contributed by atoms with Gasteiger partial charge in [0.05, 0.1) is 0 Å². The average molecular weight is 236 g/mol. The van der Waals surface area contributed by atoms with E-state index in [1.54, 1.807) is 0 Å². The number of aromatic nitrogens is 2. The third-order valence-corrected chi connectivity index (χ3v) is 2.64. The summed E-state index contributed by atoms with van der Waals surface area (Å²) in [5.41, 5.74) is 1.14. The molecule has 0 spiro atoms. The summed E-state index contributed by atoms with van der Waals surface area (Å²) in [5, 5.41) is 3.34. The van der Waals surface area contributed by atoms with E-state index < -0.39 is 0 Å². The summed E-state index contributed by atoms with van der Waals surface area (Å²) in [6.45, 7) is 7.27. The van der Waals surface area contributed by atoms with Crippen LogP contribution in [0.1, 0.15) is 38.7 Å². The smallest absolute Gasteiger partial charge is 0.224 e. The third kappa shape index (κ3) is 5.13. The molecule has 0 amide bonds. The van der Waals surface area contributed by atoms with Gasteiger partial charge >= 0.3 is 0 Å². The van der Waals surface area contributed by atoms with Crippen molar-refractivity contribution >= 4 is 5.95 Å². The van der Waals surface area contributed by atoms with Gasteiger partial charge in [0.25, 0.3) is 0 Å². The first-order valence-electron chi connectivity index (χ1n) is 6.50. The Morgan fingerprint density at radius 3 is 2.47 bits per heavy atom. The lowest BCUT2D eigenvalue weighted by Gasteiger charge is -2.16. The lowest BCUT2D eigenvalue weighted by Crippen LogP contribution is -2.21. The zero-order valence-electron chi connectivity index (χ0n) is 11.2. The highest BCUT2D eigenvalue weighted by Gasteiger charge is 2.03. The van der Waals surface area contributed by atoms with E-state index in [-0.39, 0.29) is 0 Å². The van der Waals surface area contributed by atoms with Crippen LogP contribution in [0.15, 0.2) is 12.4 Å². The Morgan fingerprint density at radius 2 is 1.88 bits per heavy atom.